The summed E-state index contributed by atoms with van der Waals surface area (Å²) in [5.41, 5.74) is 8.30. The Labute approximate surface area is 94.7 Å². The SMILES string of the molecule is C[C@H](N)c1cccc(-c2ccccc2F)c1. The van der Waals surface area contributed by atoms with Gasteiger partial charge in [-0.05, 0) is 30.2 Å². The van der Waals surface area contributed by atoms with Crippen molar-refractivity contribution in [1.29, 1.82) is 0 Å². The van der Waals surface area contributed by atoms with Crippen molar-refractivity contribution in [2.75, 3.05) is 0 Å². The van der Waals surface area contributed by atoms with Gasteiger partial charge in [-0.3, -0.25) is 0 Å². The maximum Gasteiger partial charge on any atom is 0.131 e. The summed E-state index contributed by atoms with van der Waals surface area (Å²) in [5, 5.41) is 0. The van der Waals surface area contributed by atoms with Crippen molar-refractivity contribution >= 4 is 0 Å². The molecule has 2 rings (SSSR count). The molecule has 0 saturated heterocycles. The van der Waals surface area contributed by atoms with Gasteiger partial charge in [0.05, 0.1) is 0 Å². The monoisotopic (exact) mass is 215 g/mol. The largest absolute Gasteiger partial charge is 0.324 e. The van der Waals surface area contributed by atoms with Crippen molar-refractivity contribution in [2.24, 2.45) is 5.73 Å². The standard InChI is InChI=1S/C14H14FN/c1-10(16)11-5-4-6-12(9-11)13-7-2-3-8-14(13)15/h2-10H,16H2,1H3/t10-/m0/s1. The molecule has 0 spiro atoms. The molecule has 0 aliphatic heterocycles. The van der Waals surface area contributed by atoms with Gasteiger partial charge in [0.15, 0.2) is 0 Å². The minimum atomic E-state index is -0.204. The van der Waals surface area contributed by atoms with Gasteiger partial charge in [-0.1, -0.05) is 36.4 Å². The van der Waals surface area contributed by atoms with Crippen molar-refractivity contribution in [3.05, 3.63) is 59.9 Å². The Morgan fingerprint density at radius 2 is 1.81 bits per heavy atom. The molecule has 0 unspecified atom stereocenters. The Morgan fingerprint density at radius 3 is 2.50 bits per heavy atom. The smallest absolute Gasteiger partial charge is 0.131 e. The summed E-state index contributed by atoms with van der Waals surface area (Å²) in [6, 6.07) is 14.4. The summed E-state index contributed by atoms with van der Waals surface area (Å²) in [6.07, 6.45) is 0. The first-order valence-corrected chi connectivity index (χ1v) is 5.29. The quantitative estimate of drug-likeness (QED) is 0.815. The van der Waals surface area contributed by atoms with Crippen molar-refractivity contribution in [3.8, 4) is 11.1 Å². The Balaban J connectivity index is 2.49. The van der Waals surface area contributed by atoms with Crippen molar-refractivity contribution in [1.82, 2.24) is 0 Å². The summed E-state index contributed by atoms with van der Waals surface area (Å²) in [4.78, 5) is 0. The van der Waals surface area contributed by atoms with Gasteiger partial charge in [-0.25, -0.2) is 4.39 Å². The number of benzene rings is 2. The minimum absolute atomic E-state index is 0.0354. The van der Waals surface area contributed by atoms with Gasteiger partial charge in [-0.2, -0.15) is 0 Å². The molecule has 2 aromatic carbocycles. The molecule has 0 heterocycles. The fraction of sp³-hybridized carbons (Fsp3) is 0.143. The Bertz CT molecular complexity index is 492. The van der Waals surface area contributed by atoms with Gasteiger partial charge in [0, 0.05) is 11.6 Å². The van der Waals surface area contributed by atoms with Crippen LogP contribution in [0.2, 0.25) is 0 Å². The van der Waals surface area contributed by atoms with E-state index in [2.05, 4.69) is 0 Å². The third-order valence-electron chi connectivity index (χ3n) is 2.60. The van der Waals surface area contributed by atoms with Gasteiger partial charge in [0.2, 0.25) is 0 Å². The Hall–Kier alpha value is -1.67. The number of rotatable bonds is 2. The number of hydrogen-bond acceptors (Lipinski definition) is 1. The zero-order chi connectivity index (χ0) is 11.5. The fourth-order valence-electron chi connectivity index (χ4n) is 1.68. The van der Waals surface area contributed by atoms with E-state index in [1.807, 2.05) is 37.3 Å². The molecular formula is C14H14FN. The lowest BCUT2D eigenvalue weighted by Gasteiger charge is -2.08. The van der Waals surface area contributed by atoms with Gasteiger partial charge >= 0.3 is 0 Å². The summed E-state index contributed by atoms with van der Waals surface area (Å²) < 4.78 is 13.6. The predicted molar refractivity (Wildman–Crippen MR) is 64.4 cm³/mol. The zero-order valence-electron chi connectivity index (χ0n) is 9.15. The molecular weight excluding hydrogens is 201 g/mol. The fourth-order valence-corrected chi connectivity index (χ4v) is 1.68. The molecule has 1 nitrogen and oxygen atoms in total. The minimum Gasteiger partial charge on any atom is -0.324 e. The molecule has 0 radical (unpaired) electrons. The molecule has 16 heavy (non-hydrogen) atoms. The van der Waals surface area contributed by atoms with Gasteiger partial charge < -0.3 is 5.73 Å². The maximum atomic E-state index is 13.6. The van der Waals surface area contributed by atoms with Crippen LogP contribution in [0, 0.1) is 5.82 Å². The van der Waals surface area contributed by atoms with Crippen LogP contribution in [-0.4, -0.2) is 0 Å². The molecule has 1 atom stereocenters. The first kappa shape index (κ1) is 10.8. The molecule has 0 saturated carbocycles. The summed E-state index contributed by atoms with van der Waals surface area (Å²) in [7, 11) is 0. The molecule has 2 N–H and O–H groups in total. The van der Waals surface area contributed by atoms with E-state index in [0.29, 0.717) is 5.56 Å². The first-order chi connectivity index (χ1) is 7.68. The van der Waals surface area contributed by atoms with Gasteiger partial charge in [-0.15, -0.1) is 0 Å². The summed E-state index contributed by atoms with van der Waals surface area (Å²) >= 11 is 0. The normalized spacial score (nSPS) is 12.4. The van der Waals surface area contributed by atoms with Crippen LogP contribution >= 0.6 is 0 Å². The third-order valence-corrected chi connectivity index (χ3v) is 2.60. The average Bonchev–Trinajstić information content (AvgIpc) is 2.30. The maximum absolute atomic E-state index is 13.6. The molecule has 2 aromatic rings. The average molecular weight is 215 g/mol. The molecule has 0 amide bonds. The zero-order valence-corrected chi connectivity index (χ0v) is 9.15. The Morgan fingerprint density at radius 1 is 1.06 bits per heavy atom. The second kappa shape index (κ2) is 4.45. The highest BCUT2D eigenvalue weighted by atomic mass is 19.1. The van der Waals surface area contributed by atoms with Crippen LogP contribution in [-0.2, 0) is 0 Å². The van der Waals surface area contributed by atoms with Crippen LogP contribution in [0.4, 0.5) is 4.39 Å². The van der Waals surface area contributed by atoms with E-state index in [9.17, 15) is 4.39 Å². The first-order valence-electron chi connectivity index (χ1n) is 5.29. The molecule has 0 aliphatic rings. The van der Waals surface area contributed by atoms with E-state index >= 15 is 0 Å². The molecule has 0 bridgehead atoms. The summed E-state index contributed by atoms with van der Waals surface area (Å²) in [6.45, 7) is 1.92. The van der Waals surface area contributed by atoms with Crippen LogP contribution in [0.1, 0.15) is 18.5 Å². The van der Waals surface area contributed by atoms with E-state index in [-0.39, 0.29) is 11.9 Å². The van der Waals surface area contributed by atoms with Crippen molar-refractivity contribution < 1.29 is 4.39 Å². The van der Waals surface area contributed by atoms with Crippen LogP contribution < -0.4 is 5.73 Å². The number of hydrogen-bond donors (Lipinski definition) is 1. The topological polar surface area (TPSA) is 26.0 Å². The van der Waals surface area contributed by atoms with Crippen molar-refractivity contribution in [3.63, 3.8) is 0 Å². The molecule has 0 fully saturated rings. The van der Waals surface area contributed by atoms with Gasteiger partial charge in [0.1, 0.15) is 5.82 Å². The van der Waals surface area contributed by atoms with Crippen LogP contribution in [0.25, 0.3) is 11.1 Å². The predicted octanol–water partition coefficient (Wildman–Crippen LogP) is 3.51. The number of halogens is 1. The van der Waals surface area contributed by atoms with Gasteiger partial charge in [0.25, 0.3) is 0 Å². The molecule has 0 aromatic heterocycles. The van der Waals surface area contributed by atoms with Crippen LogP contribution in [0.3, 0.4) is 0 Å². The molecule has 0 aliphatic carbocycles. The molecule has 82 valence electrons. The highest BCUT2D eigenvalue weighted by Crippen LogP contribution is 2.24. The van der Waals surface area contributed by atoms with Crippen LogP contribution in [0.5, 0.6) is 0 Å². The van der Waals surface area contributed by atoms with E-state index in [1.54, 1.807) is 12.1 Å². The second-order valence-corrected chi connectivity index (χ2v) is 3.89. The lowest BCUT2D eigenvalue weighted by molar-refractivity contribution is 0.631. The Kier molecular flexibility index (Phi) is 3.02. The van der Waals surface area contributed by atoms with E-state index < -0.39 is 0 Å². The highest BCUT2D eigenvalue weighted by Gasteiger charge is 2.05. The van der Waals surface area contributed by atoms with E-state index in [4.69, 9.17) is 5.73 Å². The molecule has 2 heteroatoms. The number of nitrogens with two attached hydrogens (primary N) is 1. The lowest BCUT2D eigenvalue weighted by atomic mass is 10.0. The third kappa shape index (κ3) is 2.12. The van der Waals surface area contributed by atoms with E-state index in [0.717, 1.165) is 11.1 Å². The van der Waals surface area contributed by atoms with Crippen LogP contribution in [0.15, 0.2) is 48.5 Å². The van der Waals surface area contributed by atoms with E-state index in [1.165, 1.54) is 6.07 Å². The summed E-state index contributed by atoms with van der Waals surface area (Å²) in [5.74, 6) is -0.204. The second-order valence-electron chi connectivity index (χ2n) is 3.89. The van der Waals surface area contributed by atoms with Crippen molar-refractivity contribution in [2.45, 2.75) is 13.0 Å². The lowest BCUT2D eigenvalue weighted by Crippen LogP contribution is -2.04. The highest BCUT2D eigenvalue weighted by molar-refractivity contribution is 5.64.